The topological polar surface area (TPSA) is 29.5 Å². The van der Waals surface area contributed by atoms with Crippen LogP contribution in [0.25, 0.3) is 0 Å². The zero-order valence-electron chi connectivity index (χ0n) is 10.2. The summed E-state index contributed by atoms with van der Waals surface area (Å²) in [5.41, 5.74) is 0.231. The molecule has 1 heterocycles. The first kappa shape index (κ1) is 13.1. The van der Waals surface area contributed by atoms with Gasteiger partial charge in [0.1, 0.15) is 0 Å². The third kappa shape index (κ3) is 2.72. The summed E-state index contributed by atoms with van der Waals surface area (Å²) in [5, 5.41) is 10.9. The lowest BCUT2D eigenvalue weighted by Crippen LogP contribution is -2.39. The van der Waals surface area contributed by atoms with Crippen molar-refractivity contribution in [3.05, 3.63) is 34.3 Å². The second-order valence-electron chi connectivity index (χ2n) is 4.70. The Morgan fingerprint density at radius 1 is 1.53 bits per heavy atom. The molecular formula is C14H19BrO2. The van der Waals surface area contributed by atoms with Crippen molar-refractivity contribution < 1.29 is 9.84 Å². The lowest BCUT2D eigenvalue weighted by atomic mass is 9.77. The van der Waals surface area contributed by atoms with Crippen molar-refractivity contribution in [3.8, 4) is 0 Å². The van der Waals surface area contributed by atoms with Crippen molar-refractivity contribution in [2.24, 2.45) is 5.92 Å². The molecule has 1 aromatic rings. The smallest absolute Gasteiger partial charge is 0.0944 e. The van der Waals surface area contributed by atoms with Crippen LogP contribution >= 0.6 is 15.9 Å². The predicted octanol–water partition coefficient (Wildman–Crippen LogP) is 3.47. The maximum atomic E-state index is 10.9. The molecule has 0 radical (unpaired) electrons. The average Bonchev–Trinajstić information content (AvgIpc) is 2.39. The molecule has 1 aliphatic rings. The quantitative estimate of drug-likeness (QED) is 0.926. The number of benzene rings is 1. The Bertz CT molecular complexity index is 374. The molecular weight excluding hydrogens is 280 g/mol. The molecule has 0 amide bonds. The van der Waals surface area contributed by atoms with Gasteiger partial charge in [0.15, 0.2) is 0 Å². The van der Waals surface area contributed by atoms with E-state index in [-0.39, 0.29) is 5.92 Å². The van der Waals surface area contributed by atoms with Gasteiger partial charge in [0.25, 0.3) is 0 Å². The molecule has 1 N–H and O–H groups in total. The van der Waals surface area contributed by atoms with Gasteiger partial charge in [-0.3, -0.25) is 0 Å². The minimum absolute atomic E-state index is 0.204. The molecule has 0 aromatic heterocycles. The van der Waals surface area contributed by atoms with Crippen LogP contribution < -0.4 is 0 Å². The molecule has 3 heteroatoms. The van der Waals surface area contributed by atoms with Crippen LogP contribution in [0.15, 0.2) is 28.7 Å². The van der Waals surface area contributed by atoms with Gasteiger partial charge in [0, 0.05) is 17.0 Å². The highest BCUT2D eigenvalue weighted by Gasteiger charge is 2.37. The third-order valence-corrected chi connectivity index (χ3v) is 4.19. The maximum Gasteiger partial charge on any atom is 0.0944 e. The van der Waals surface area contributed by atoms with Crippen molar-refractivity contribution in [1.82, 2.24) is 0 Å². The molecule has 0 saturated carbocycles. The first-order valence-corrected chi connectivity index (χ1v) is 7.02. The number of ether oxygens (including phenoxy) is 1. The lowest BCUT2D eigenvalue weighted by Gasteiger charge is -2.38. The summed E-state index contributed by atoms with van der Waals surface area (Å²) in [7, 11) is 0. The fourth-order valence-electron chi connectivity index (χ4n) is 2.60. The van der Waals surface area contributed by atoms with E-state index >= 15 is 0 Å². The van der Waals surface area contributed by atoms with Gasteiger partial charge < -0.3 is 9.84 Å². The highest BCUT2D eigenvalue weighted by molar-refractivity contribution is 9.10. The Morgan fingerprint density at radius 2 is 2.35 bits per heavy atom. The molecule has 1 saturated heterocycles. The number of aliphatic hydroxyl groups is 1. The van der Waals surface area contributed by atoms with E-state index in [2.05, 4.69) is 15.9 Å². The monoisotopic (exact) mass is 298 g/mol. The largest absolute Gasteiger partial charge is 0.385 e. The van der Waals surface area contributed by atoms with Crippen LogP contribution in [0.4, 0.5) is 0 Å². The van der Waals surface area contributed by atoms with Gasteiger partial charge in [0.2, 0.25) is 0 Å². The molecule has 17 heavy (non-hydrogen) atoms. The lowest BCUT2D eigenvalue weighted by molar-refractivity contribution is -0.0865. The summed E-state index contributed by atoms with van der Waals surface area (Å²) in [6, 6.07) is 7.97. The van der Waals surface area contributed by atoms with Crippen LogP contribution in [-0.4, -0.2) is 18.3 Å². The Morgan fingerprint density at radius 3 is 2.94 bits per heavy atom. The van der Waals surface area contributed by atoms with E-state index in [9.17, 15) is 5.11 Å². The molecule has 94 valence electrons. The van der Waals surface area contributed by atoms with E-state index in [4.69, 9.17) is 4.74 Å². The summed E-state index contributed by atoms with van der Waals surface area (Å²) in [5.74, 6) is 0.204. The highest BCUT2D eigenvalue weighted by atomic mass is 79.9. The van der Waals surface area contributed by atoms with Crippen molar-refractivity contribution in [1.29, 1.82) is 0 Å². The molecule has 2 atom stereocenters. The summed E-state index contributed by atoms with van der Waals surface area (Å²) in [6.07, 6.45) is 2.80. The first-order valence-electron chi connectivity index (χ1n) is 6.23. The van der Waals surface area contributed by atoms with Gasteiger partial charge in [-0.1, -0.05) is 35.0 Å². The number of hydrogen-bond acceptors (Lipinski definition) is 2. The van der Waals surface area contributed by atoms with Gasteiger partial charge in [-0.25, -0.2) is 0 Å². The molecule has 2 rings (SSSR count). The van der Waals surface area contributed by atoms with E-state index in [1.54, 1.807) is 0 Å². The van der Waals surface area contributed by atoms with E-state index in [0.717, 1.165) is 35.9 Å². The normalized spacial score (nSPS) is 24.3. The second-order valence-corrected chi connectivity index (χ2v) is 5.62. The molecule has 0 bridgehead atoms. The number of rotatable bonds is 3. The minimum atomic E-state index is -0.760. The summed E-state index contributed by atoms with van der Waals surface area (Å²) in [6.45, 7) is 3.53. The average molecular weight is 299 g/mol. The number of hydrogen-bond donors (Lipinski definition) is 1. The Kier molecular flexibility index (Phi) is 4.23. The predicted molar refractivity (Wildman–Crippen MR) is 71.9 cm³/mol. The molecule has 1 aliphatic heterocycles. The van der Waals surface area contributed by atoms with Gasteiger partial charge in [-0.15, -0.1) is 0 Å². The van der Waals surface area contributed by atoms with E-state index < -0.39 is 5.60 Å². The molecule has 0 spiro atoms. The second kappa shape index (κ2) is 5.51. The van der Waals surface area contributed by atoms with Crippen LogP contribution in [-0.2, 0) is 10.3 Å². The standard InChI is InChI=1S/C14H19BrO2/c1-2-14(16,12-6-4-8-17-10-12)11-5-3-7-13(15)9-11/h3,5,7,9,12,16H,2,4,6,8,10H2,1H3. The molecule has 1 aromatic carbocycles. The van der Waals surface area contributed by atoms with E-state index in [0.29, 0.717) is 6.61 Å². The van der Waals surface area contributed by atoms with Gasteiger partial charge in [0.05, 0.1) is 12.2 Å². The van der Waals surface area contributed by atoms with Crippen LogP contribution in [0.5, 0.6) is 0 Å². The van der Waals surface area contributed by atoms with Crippen molar-refractivity contribution in [3.63, 3.8) is 0 Å². The zero-order chi connectivity index (χ0) is 12.3. The van der Waals surface area contributed by atoms with Crippen LogP contribution in [0, 0.1) is 5.92 Å². The Balaban J connectivity index is 2.29. The molecule has 0 aliphatic carbocycles. The van der Waals surface area contributed by atoms with E-state index in [1.165, 1.54) is 0 Å². The molecule has 1 fully saturated rings. The summed E-state index contributed by atoms with van der Waals surface area (Å²) < 4.78 is 6.52. The molecule has 2 unspecified atom stereocenters. The van der Waals surface area contributed by atoms with Gasteiger partial charge >= 0.3 is 0 Å². The minimum Gasteiger partial charge on any atom is -0.385 e. The summed E-state index contributed by atoms with van der Waals surface area (Å²) in [4.78, 5) is 0. The maximum absolute atomic E-state index is 10.9. The zero-order valence-corrected chi connectivity index (χ0v) is 11.7. The van der Waals surface area contributed by atoms with Gasteiger partial charge in [-0.05, 0) is 37.0 Å². The van der Waals surface area contributed by atoms with E-state index in [1.807, 2.05) is 31.2 Å². The van der Waals surface area contributed by atoms with Gasteiger partial charge in [-0.2, -0.15) is 0 Å². The fraction of sp³-hybridized carbons (Fsp3) is 0.571. The Labute approximate surface area is 111 Å². The molecule has 2 nitrogen and oxygen atoms in total. The third-order valence-electron chi connectivity index (χ3n) is 3.70. The van der Waals surface area contributed by atoms with Crippen LogP contribution in [0.3, 0.4) is 0 Å². The van der Waals surface area contributed by atoms with Crippen molar-refractivity contribution in [2.75, 3.05) is 13.2 Å². The number of halogens is 1. The highest BCUT2D eigenvalue weighted by Crippen LogP contribution is 2.38. The Hall–Kier alpha value is -0.380. The SMILES string of the molecule is CCC(O)(c1cccc(Br)c1)C1CCCOC1. The van der Waals surface area contributed by atoms with Crippen molar-refractivity contribution in [2.45, 2.75) is 31.8 Å². The van der Waals surface area contributed by atoms with Crippen molar-refractivity contribution >= 4 is 15.9 Å². The van der Waals surface area contributed by atoms with Crippen LogP contribution in [0.2, 0.25) is 0 Å². The summed E-state index contributed by atoms with van der Waals surface area (Å²) >= 11 is 3.47. The fourth-order valence-corrected chi connectivity index (χ4v) is 3.00. The first-order chi connectivity index (χ1) is 8.16. The van der Waals surface area contributed by atoms with Crippen LogP contribution in [0.1, 0.15) is 31.7 Å².